The Bertz CT molecular complexity index is 1610. The Kier molecular flexibility index (Phi) is 5.68. The molecule has 8 nitrogen and oxygen atoms in total. The molecular weight excluding hydrogens is 476 g/mol. The van der Waals surface area contributed by atoms with Crippen molar-refractivity contribution in [2.45, 2.75) is 26.8 Å². The van der Waals surface area contributed by atoms with Crippen LogP contribution in [-0.2, 0) is 4.74 Å². The van der Waals surface area contributed by atoms with Crippen molar-refractivity contribution in [2.24, 2.45) is 0 Å². The number of morpholine rings is 1. The summed E-state index contributed by atoms with van der Waals surface area (Å²) in [6, 6.07) is 9.82. The molecule has 1 aromatic carbocycles. The molecule has 37 heavy (non-hydrogen) atoms. The van der Waals surface area contributed by atoms with E-state index in [-0.39, 0.29) is 11.9 Å². The molecule has 1 saturated heterocycles. The molecule has 1 N–H and O–H groups in total. The van der Waals surface area contributed by atoms with Crippen LogP contribution in [0.1, 0.15) is 18.3 Å². The number of rotatable bonds is 4. The molecule has 0 radical (unpaired) electrons. The molecule has 188 valence electrons. The molecule has 0 aliphatic carbocycles. The fraction of sp³-hybridized carbons (Fsp3) is 0.259. The number of aryl methyl sites for hydroxylation is 1. The van der Waals surface area contributed by atoms with Gasteiger partial charge in [0.2, 0.25) is 5.95 Å². The zero-order chi connectivity index (χ0) is 25.7. The van der Waals surface area contributed by atoms with E-state index in [9.17, 15) is 8.78 Å². The summed E-state index contributed by atoms with van der Waals surface area (Å²) in [5.74, 6) is 0.231. The molecule has 10 heteroatoms. The Labute approximate surface area is 212 Å². The van der Waals surface area contributed by atoms with Crippen LogP contribution in [0.2, 0.25) is 0 Å². The van der Waals surface area contributed by atoms with E-state index >= 15 is 0 Å². The standard InChI is InChI=1S/C27H25F2N7O/c1-15-14-37-9-8-35(15)25-12-23(26-16(2)34-36(17(26)3)19-4-5-24(29)31-13-19)32-27(33-25)21-10-18(28)11-22-20(21)6-7-30-22/h4-7,10-13,15,30H,8-9,14H2,1-3H3/t15-/m1/s1. The van der Waals surface area contributed by atoms with Gasteiger partial charge >= 0.3 is 0 Å². The number of nitrogens with zero attached hydrogens (tertiary/aromatic N) is 6. The van der Waals surface area contributed by atoms with Crippen molar-refractivity contribution in [3.05, 3.63) is 71.9 Å². The Morgan fingerprint density at radius 1 is 1.08 bits per heavy atom. The molecule has 0 saturated carbocycles. The summed E-state index contributed by atoms with van der Waals surface area (Å²) in [6.45, 7) is 7.78. The summed E-state index contributed by atoms with van der Waals surface area (Å²) in [5.41, 5.74) is 4.99. The maximum Gasteiger partial charge on any atom is 0.212 e. The zero-order valence-corrected chi connectivity index (χ0v) is 20.7. The zero-order valence-electron chi connectivity index (χ0n) is 20.7. The van der Waals surface area contributed by atoms with Gasteiger partial charge in [0.15, 0.2) is 5.82 Å². The smallest absolute Gasteiger partial charge is 0.212 e. The first-order valence-corrected chi connectivity index (χ1v) is 12.1. The molecule has 1 aliphatic heterocycles. The maximum atomic E-state index is 14.6. The van der Waals surface area contributed by atoms with Gasteiger partial charge in [-0.25, -0.2) is 24.0 Å². The van der Waals surface area contributed by atoms with Gasteiger partial charge in [-0.15, -0.1) is 0 Å². The van der Waals surface area contributed by atoms with Crippen LogP contribution in [-0.4, -0.2) is 55.5 Å². The summed E-state index contributed by atoms with van der Waals surface area (Å²) in [4.78, 5) is 18.9. The lowest BCUT2D eigenvalue weighted by molar-refractivity contribution is 0.0985. The number of hydrogen-bond donors (Lipinski definition) is 1. The first-order chi connectivity index (χ1) is 17.9. The van der Waals surface area contributed by atoms with Crippen LogP contribution in [0.5, 0.6) is 0 Å². The number of hydrogen-bond acceptors (Lipinski definition) is 6. The van der Waals surface area contributed by atoms with Crippen molar-refractivity contribution in [3.63, 3.8) is 0 Å². The van der Waals surface area contributed by atoms with Crippen molar-refractivity contribution < 1.29 is 13.5 Å². The molecule has 1 atom stereocenters. The third-order valence-electron chi connectivity index (χ3n) is 6.75. The van der Waals surface area contributed by atoms with Gasteiger partial charge in [0.25, 0.3) is 0 Å². The van der Waals surface area contributed by atoms with E-state index in [0.29, 0.717) is 48.0 Å². The third kappa shape index (κ3) is 4.13. The van der Waals surface area contributed by atoms with Crippen LogP contribution in [0.3, 0.4) is 0 Å². The molecule has 5 aromatic rings. The average molecular weight is 502 g/mol. The van der Waals surface area contributed by atoms with Gasteiger partial charge in [-0.3, -0.25) is 0 Å². The number of ether oxygens (including phenoxy) is 1. The van der Waals surface area contributed by atoms with Gasteiger partial charge in [-0.1, -0.05) is 0 Å². The molecule has 1 fully saturated rings. The fourth-order valence-electron chi connectivity index (χ4n) is 4.97. The normalized spacial score (nSPS) is 16.0. The van der Waals surface area contributed by atoms with Gasteiger partial charge in [0.1, 0.15) is 11.6 Å². The average Bonchev–Trinajstić information content (AvgIpc) is 3.47. The number of aromatic nitrogens is 6. The summed E-state index contributed by atoms with van der Waals surface area (Å²) in [7, 11) is 0. The molecule has 0 unspecified atom stereocenters. The molecule has 1 aliphatic rings. The largest absolute Gasteiger partial charge is 0.377 e. The lowest BCUT2D eigenvalue weighted by Gasteiger charge is -2.34. The molecule has 4 aromatic heterocycles. The monoisotopic (exact) mass is 501 g/mol. The molecule has 0 bridgehead atoms. The summed E-state index contributed by atoms with van der Waals surface area (Å²) >= 11 is 0. The first-order valence-electron chi connectivity index (χ1n) is 12.1. The van der Waals surface area contributed by atoms with Crippen LogP contribution < -0.4 is 4.90 Å². The Morgan fingerprint density at radius 3 is 2.73 bits per heavy atom. The predicted octanol–water partition coefficient (Wildman–Crippen LogP) is 4.99. The van der Waals surface area contributed by atoms with Crippen molar-refractivity contribution in [1.82, 2.24) is 29.7 Å². The summed E-state index contributed by atoms with van der Waals surface area (Å²) in [6.07, 6.45) is 3.22. The van der Waals surface area contributed by atoms with Crippen molar-refractivity contribution >= 4 is 16.7 Å². The predicted molar refractivity (Wildman–Crippen MR) is 137 cm³/mol. The molecule has 6 rings (SSSR count). The number of benzene rings is 1. The van der Waals surface area contributed by atoms with Gasteiger partial charge < -0.3 is 14.6 Å². The second-order valence-electron chi connectivity index (χ2n) is 9.24. The highest BCUT2D eigenvalue weighted by Crippen LogP contribution is 2.34. The number of nitrogens with one attached hydrogen (secondary N) is 1. The van der Waals surface area contributed by atoms with Gasteiger partial charge in [0.05, 0.1) is 48.2 Å². The fourth-order valence-corrected chi connectivity index (χ4v) is 4.97. The molecule has 0 amide bonds. The SMILES string of the molecule is Cc1nn(-c2ccc(F)nc2)c(C)c1-c1cc(N2CCOC[C@H]2C)nc(-c2cc(F)cc3[nH]ccc23)n1. The van der Waals surface area contributed by atoms with E-state index in [0.717, 1.165) is 28.2 Å². The van der Waals surface area contributed by atoms with Gasteiger partial charge in [-0.2, -0.15) is 9.49 Å². The molecular formula is C27H25F2N7O. The Morgan fingerprint density at radius 2 is 1.95 bits per heavy atom. The van der Waals surface area contributed by atoms with E-state index in [1.165, 1.54) is 24.4 Å². The number of anilines is 1. The molecule has 0 spiro atoms. The van der Waals surface area contributed by atoms with Crippen molar-refractivity contribution in [1.29, 1.82) is 0 Å². The summed E-state index contributed by atoms with van der Waals surface area (Å²) < 4.78 is 35.4. The van der Waals surface area contributed by atoms with Crippen molar-refractivity contribution in [3.8, 4) is 28.3 Å². The van der Waals surface area contributed by atoms with Gasteiger partial charge in [0, 0.05) is 40.8 Å². The second kappa shape index (κ2) is 9.04. The van der Waals surface area contributed by atoms with E-state index in [2.05, 4.69) is 21.8 Å². The van der Waals surface area contributed by atoms with Crippen LogP contribution in [0.25, 0.3) is 39.2 Å². The Balaban J connectivity index is 1.56. The second-order valence-corrected chi connectivity index (χ2v) is 9.24. The lowest BCUT2D eigenvalue weighted by atomic mass is 10.1. The first kappa shape index (κ1) is 23.2. The maximum absolute atomic E-state index is 14.6. The van der Waals surface area contributed by atoms with E-state index in [1.54, 1.807) is 16.9 Å². The van der Waals surface area contributed by atoms with Crippen LogP contribution in [0.4, 0.5) is 14.6 Å². The van der Waals surface area contributed by atoms with Crippen molar-refractivity contribution in [2.75, 3.05) is 24.7 Å². The van der Waals surface area contributed by atoms with Crippen LogP contribution in [0, 0.1) is 25.6 Å². The number of fused-ring (bicyclic) bond motifs is 1. The Hall–Kier alpha value is -4.18. The van der Waals surface area contributed by atoms with Gasteiger partial charge in [-0.05, 0) is 51.1 Å². The number of halogens is 2. The van der Waals surface area contributed by atoms with E-state index in [4.69, 9.17) is 19.8 Å². The summed E-state index contributed by atoms with van der Waals surface area (Å²) in [5, 5.41) is 5.53. The number of H-pyrrole nitrogens is 1. The third-order valence-corrected chi connectivity index (χ3v) is 6.75. The molecule has 5 heterocycles. The minimum absolute atomic E-state index is 0.111. The quantitative estimate of drug-likeness (QED) is 0.349. The van der Waals surface area contributed by atoms with Crippen LogP contribution in [0.15, 0.2) is 48.8 Å². The van der Waals surface area contributed by atoms with E-state index in [1.807, 2.05) is 26.0 Å². The topological polar surface area (TPSA) is 84.8 Å². The highest BCUT2D eigenvalue weighted by atomic mass is 19.1. The minimum Gasteiger partial charge on any atom is -0.377 e. The van der Waals surface area contributed by atoms with E-state index < -0.39 is 5.95 Å². The minimum atomic E-state index is -0.554. The number of pyridine rings is 1. The highest BCUT2D eigenvalue weighted by Gasteiger charge is 2.25. The highest BCUT2D eigenvalue weighted by molar-refractivity contribution is 5.94. The van der Waals surface area contributed by atoms with Crippen LogP contribution >= 0.6 is 0 Å². The number of aromatic amines is 1. The lowest BCUT2D eigenvalue weighted by Crippen LogP contribution is -2.44.